The Bertz CT molecular complexity index is 405. The minimum atomic E-state index is 1.12. The zero-order valence-corrected chi connectivity index (χ0v) is 8.38. The van der Waals surface area contributed by atoms with Crippen molar-refractivity contribution < 1.29 is 0 Å². The van der Waals surface area contributed by atoms with Crippen LogP contribution in [0.5, 0.6) is 0 Å². The molecule has 2 aromatic heterocycles. The number of pyridine rings is 1. The van der Waals surface area contributed by atoms with Gasteiger partial charge in [0.25, 0.3) is 0 Å². The second-order valence-corrected chi connectivity index (χ2v) is 3.22. The van der Waals surface area contributed by atoms with E-state index in [4.69, 9.17) is 0 Å². The first-order valence-corrected chi connectivity index (χ1v) is 4.57. The van der Waals surface area contributed by atoms with Crippen molar-refractivity contribution in [1.29, 1.82) is 0 Å². The minimum Gasteiger partial charge on any atom is -0.285 e. The minimum absolute atomic E-state index is 1.12. The van der Waals surface area contributed by atoms with Gasteiger partial charge in [0.05, 0.1) is 5.69 Å². The summed E-state index contributed by atoms with van der Waals surface area (Å²) in [7, 11) is 2.03. The zero-order valence-electron chi connectivity index (χ0n) is 8.38. The fraction of sp³-hybridized carbons (Fsp3) is 0.182. The predicted octanol–water partition coefficient (Wildman–Crippen LogP) is 2.09. The van der Waals surface area contributed by atoms with Gasteiger partial charge in [-0.15, -0.1) is 0 Å². The van der Waals surface area contributed by atoms with Gasteiger partial charge >= 0.3 is 0 Å². The van der Waals surface area contributed by atoms with E-state index in [0.717, 1.165) is 5.69 Å². The lowest BCUT2D eigenvalue weighted by atomic mass is 10.4. The molecule has 0 unspecified atom stereocenters. The number of aryl methyl sites for hydroxylation is 1. The quantitative estimate of drug-likeness (QED) is 0.717. The van der Waals surface area contributed by atoms with Crippen LogP contribution < -0.4 is 5.01 Å². The van der Waals surface area contributed by atoms with Crippen LogP contribution in [0.1, 0.15) is 5.69 Å². The lowest BCUT2D eigenvalue weighted by molar-refractivity contribution is 0.753. The second kappa shape index (κ2) is 3.54. The van der Waals surface area contributed by atoms with Gasteiger partial charge in [-0.25, -0.2) is 0 Å². The van der Waals surface area contributed by atoms with Gasteiger partial charge in [-0.3, -0.25) is 14.7 Å². The van der Waals surface area contributed by atoms with Crippen LogP contribution >= 0.6 is 0 Å². The molecule has 0 aromatic carbocycles. The van der Waals surface area contributed by atoms with E-state index in [-0.39, 0.29) is 0 Å². The SMILES string of the molecule is Cc1cccn1N(C)c1ccncc1. The number of rotatable bonds is 2. The maximum atomic E-state index is 4.00. The molecule has 2 rings (SSSR count). The van der Waals surface area contributed by atoms with Gasteiger partial charge in [0.1, 0.15) is 0 Å². The van der Waals surface area contributed by atoms with E-state index in [2.05, 4.69) is 27.7 Å². The average Bonchev–Trinajstić information content (AvgIpc) is 2.65. The number of anilines is 1. The van der Waals surface area contributed by atoms with Crippen molar-refractivity contribution in [2.75, 3.05) is 12.1 Å². The fourth-order valence-corrected chi connectivity index (χ4v) is 1.48. The van der Waals surface area contributed by atoms with Crippen molar-refractivity contribution >= 4 is 5.69 Å². The highest BCUT2D eigenvalue weighted by Gasteiger charge is 2.02. The monoisotopic (exact) mass is 187 g/mol. The van der Waals surface area contributed by atoms with Crippen molar-refractivity contribution in [3.8, 4) is 0 Å². The van der Waals surface area contributed by atoms with Crippen LogP contribution in [0, 0.1) is 6.92 Å². The molecule has 0 aliphatic heterocycles. The lowest BCUT2D eigenvalue weighted by Crippen LogP contribution is -2.24. The molecule has 3 nitrogen and oxygen atoms in total. The van der Waals surface area contributed by atoms with Gasteiger partial charge in [0.2, 0.25) is 0 Å². The maximum absolute atomic E-state index is 4.00. The summed E-state index contributed by atoms with van der Waals surface area (Å²) in [6.07, 6.45) is 5.63. The molecule has 0 radical (unpaired) electrons. The number of hydrogen-bond acceptors (Lipinski definition) is 2. The van der Waals surface area contributed by atoms with Crippen molar-refractivity contribution in [3.63, 3.8) is 0 Å². The molecule has 14 heavy (non-hydrogen) atoms. The highest BCUT2D eigenvalue weighted by molar-refractivity contribution is 5.43. The Hall–Kier alpha value is -1.77. The smallest absolute Gasteiger partial charge is 0.0605 e. The Morgan fingerprint density at radius 2 is 1.93 bits per heavy atom. The van der Waals surface area contributed by atoms with E-state index >= 15 is 0 Å². The van der Waals surface area contributed by atoms with E-state index < -0.39 is 0 Å². The van der Waals surface area contributed by atoms with E-state index in [0.29, 0.717) is 0 Å². The Labute approximate surface area is 83.6 Å². The third-order valence-electron chi connectivity index (χ3n) is 2.29. The van der Waals surface area contributed by atoms with Crippen LogP contribution in [0.15, 0.2) is 42.9 Å². The number of hydrogen-bond donors (Lipinski definition) is 0. The first-order chi connectivity index (χ1) is 6.79. The first-order valence-electron chi connectivity index (χ1n) is 4.57. The molecule has 0 fully saturated rings. The zero-order chi connectivity index (χ0) is 9.97. The molecule has 0 saturated heterocycles. The standard InChI is InChI=1S/C11H13N3/c1-10-4-3-9-14(10)13(2)11-5-7-12-8-6-11/h3-9H,1-2H3. The van der Waals surface area contributed by atoms with Gasteiger partial charge in [-0.05, 0) is 31.2 Å². The molecule has 0 atom stereocenters. The van der Waals surface area contributed by atoms with Crippen LogP contribution in [0.3, 0.4) is 0 Å². The van der Waals surface area contributed by atoms with Gasteiger partial charge < -0.3 is 0 Å². The van der Waals surface area contributed by atoms with E-state index in [1.807, 2.05) is 31.4 Å². The summed E-state index contributed by atoms with van der Waals surface area (Å²) < 4.78 is 2.09. The summed E-state index contributed by atoms with van der Waals surface area (Å²) in [5.74, 6) is 0. The lowest BCUT2D eigenvalue weighted by Gasteiger charge is -2.22. The molecular formula is C11H13N3. The topological polar surface area (TPSA) is 21.1 Å². The largest absolute Gasteiger partial charge is 0.285 e. The molecule has 0 aliphatic rings. The van der Waals surface area contributed by atoms with Crippen molar-refractivity contribution in [2.24, 2.45) is 0 Å². The third kappa shape index (κ3) is 1.48. The van der Waals surface area contributed by atoms with Crippen molar-refractivity contribution in [2.45, 2.75) is 6.92 Å². The molecule has 0 spiro atoms. The summed E-state index contributed by atoms with van der Waals surface area (Å²) in [6.45, 7) is 2.08. The predicted molar refractivity (Wildman–Crippen MR) is 57.2 cm³/mol. The molecule has 0 bridgehead atoms. The number of aromatic nitrogens is 2. The van der Waals surface area contributed by atoms with Crippen molar-refractivity contribution in [1.82, 2.24) is 9.66 Å². The van der Waals surface area contributed by atoms with Crippen LogP contribution in [0.25, 0.3) is 0 Å². The van der Waals surface area contributed by atoms with Gasteiger partial charge in [0.15, 0.2) is 0 Å². The average molecular weight is 187 g/mol. The molecular weight excluding hydrogens is 174 g/mol. The molecule has 2 heterocycles. The Morgan fingerprint density at radius 3 is 2.50 bits per heavy atom. The summed E-state index contributed by atoms with van der Waals surface area (Å²) in [6, 6.07) is 8.09. The number of nitrogens with zero attached hydrogens (tertiary/aromatic N) is 3. The summed E-state index contributed by atoms with van der Waals surface area (Å²) in [5, 5.41) is 2.08. The molecule has 72 valence electrons. The molecule has 3 heteroatoms. The van der Waals surface area contributed by atoms with Crippen LogP contribution in [-0.2, 0) is 0 Å². The first kappa shape index (κ1) is 8.81. The van der Waals surface area contributed by atoms with Crippen LogP contribution in [-0.4, -0.2) is 16.7 Å². The van der Waals surface area contributed by atoms with Gasteiger partial charge in [0, 0.05) is 31.3 Å². The maximum Gasteiger partial charge on any atom is 0.0605 e. The molecule has 0 amide bonds. The summed E-state index contributed by atoms with van der Waals surface area (Å²) in [5.41, 5.74) is 2.34. The highest BCUT2D eigenvalue weighted by Crippen LogP contribution is 2.13. The van der Waals surface area contributed by atoms with Crippen LogP contribution in [0.2, 0.25) is 0 Å². The molecule has 0 saturated carbocycles. The highest BCUT2D eigenvalue weighted by atomic mass is 15.5. The third-order valence-corrected chi connectivity index (χ3v) is 2.29. The summed E-state index contributed by atoms with van der Waals surface area (Å²) >= 11 is 0. The molecule has 0 N–H and O–H groups in total. The van der Waals surface area contributed by atoms with Gasteiger partial charge in [-0.2, -0.15) is 0 Å². The Balaban J connectivity index is 2.34. The van der Waals surface area contributed by atoms with Crippen LogP contribution in [0.4, 0.5) is 5.69 Å². The normalized spacial score (nSPS) is 10.1. The van der Waals surface area contributed by atoms with E-state index in [1.165, 1.54) is 5.69 Å². The Morgan fingerprint density at radius 1 is 1.21 bits per heavy atom. The fourth-order valence-electron chi connectivity index (χ4n) is 1.48. The molecule has 0 aliphatic carbocycles. The van der Waals surface area contributed by atoms with E-state index in [9.17, 15) is 0 Å². The molecule has 2 aromatic rings. The van der Waals surface area contributed by atoms with E-state index in [1.54, 1.807) is 12.4 Å². The van der Waals surface area contributed by atoms with Gasteiger partial charge in [-0.1, -0.05) is 0 Å². The summed E-state index contributed by atoms with van der Waals surface area (Å²) in [4.78, 5) is 4.00. The second-order valence-electron chi connectivity index (χ2n) is 3.22. The Kier molecular flexibility index (Phi) is 2.23. The van der Waals surface area contributed by atoms with Crippen molar-refractivity contribution in [3.05, 3.63) is 48.5 Å².